The van der Waals surface area contributed by atoms with Crippen LogP contribution in [0.2, 0.25) is 0 Å². The second-order valence-corrected chi connectivity index (χ2v) is 6.18. The molecule has 0 aliphatic carbocycles. The molecule has 108 valence electrons. The van der Waals surface area contributed by atoms with Crippen LogP contribution in [-0.4, -0.2) is 23.2 Å². The Kier molecular flexibility index (Phi) is 4.55. The van der Waals surface area contributed by atoms with Crippen molar-refractivity contribution >= 4 is 0 Å². The van der Waals surface area contributed by atoms with Crippen LogP contribution in [0.4, 0.5) is 0 Å². The highest BCUT2D eigenvalue weighted by atomic mass is 16.5. The predicted octanol–water partition coefficient (Wildman–Crippen LogP) is 2.84. The summed E-state index contributed by atoms with van der Waals surface area (Å²) in [6.45, 7) is 6.61. The van der Waals surface area contributed by atoms with E-state index in [2.05, 4.69) is 48.4 Å². The number of likely N-dealkylation sites (N-methyl/N-ethyl adjacent to an activating group) is 1. The highest BCUT2D eigenvalue weighted by Gasteiger charge is 2.25. The second kappa shape index (κ2) is 6.18. The molecule has 0 aliphatic heterocycles. The van der Waals surface area contributed by atoms with E-state index in [1.54, 1.807) is 0 Å². The molecular weight excluding hydrogens is 250 g/mol. The third-order valence-corrected chi connectivity index (χ3v) is 3.49. The Hall–Kier alpha value is -1.68. The van der Waals surface area contributed by atoms with E-state index in [9.17, 15) is 0 Å². The van der Waals surface area contributed by atoms with Gasteiger partial charge >= 0.3 is 0 Å². The van der Waals surface area contributed by atoms with E-state index in [-0.39, 0.29) is 5.41 Å². The number of hydrogen-bond donors (Lipinski definition) is 1. The Morgan fingerprint density at radius 2 is 1.90 bits per heavy atom. The van der Waals surface area contributed by atoms with Crippen molar-refractivity contribution in [3.05, 3.63) is 47.6 Å². The number of benzene rings is 1. The fourth-order valence-electron chi connectivity index (χ4n) is 2.24. The number of nitrogens with zero attached hydrogens (tertiary/aromatic N) is 2. The van der Waals surface area contributed by atoms with Gasteiger partial charge in [0.1, 0.15) is 0 Å². The zero-order valence-corrected chi connectivity index (χ0v) is 12.7. The first-order chi connectivity index (χ1) is 9.49. The van der Waals surface area contributed by atoms with Gasteiger partial charge in [0.05, 0.1) is 0 Å². The molecule has 0 aliphatic rings. The topological polar surface area (TPSA) is 51.0 Å². The van der Waals surface area contributed by atoms with E-state index in [0.717, 1.165) is 12.2 Å². The molecule has 20 heavy (non-hydrogen) atoms. The fraction of sp³-hybridized carbons (Fsp3) is 0.500. The predicted molar refractivity (Wildman–Crippen MR) is 79.6 cm³/mol. The minimum atomic E-state index is 0.156. The summed E-state index contributed by atoms with van der Waals surface area (Å²) in [7, 11) is 1.97. The summed E-state index contributed by atoms with van der Waals surface area (Å²) in [4.78, 5) is 4.49. The third-order valence-electron chi connectivity index (χ3n) is 3.49. The maximum atomic E-state index is 5.36. The molecule has 0 amide bonds. The lowest BCUT2D eigenvalue weighted by atomic mass is 9.85. The maximum Gasteiger partial charge on any atom is 0.228 e. The van der Waals surface area contributed by atoms with Crippen molar-refractivity contribution in [3.8, 4) is 0 Å². The molecule has 1 unspecified atom stereocenters. The molecule has 0 saturated carbocycles. The lowest BCUT2D eigenvalue weighted by molar-refractivity contribution is 0.255. The van der Waals surface area contributed by atoms with Crippen LogP contribution in [0.5, 0.6) is 0 Å². The minimum absolute atomic E-state index is 0.156. The zero-order valence-electron chi connectivity index (χ0n) is 12.7. The van der Waals surface area contributed by atoms with Crippen LogP contribution in [0.25, 0.3) is 0 Å². The van der Waals surface area contributed by atoms with Gasteiger partial charge in [-0.1, -0.05) is 56.3 Å². The first-order valence-electron chi connectivity index (χ1n) is 7.01. The summed E-state index contributed by atoms with van der Waals surface area (Å²) in [6.07, 6.45) is 1.46. The molecule has 2 aromatic rings. The van der Waals surface area contributed by atoms with Crippen LogP contribution in [0, 0.1) is 5.41 Å². The van der Waals surface area contributed by atoms with Gasteiger partial charge in [-0.15, -0.1) is 0 Å². The molecule has 4 nitrogen and oxygen atoms in total. The summed E-state index contributed by atoms with van der Waals surface area (Å²) in [5.74, 6) is 1.44. The fourth-order valence-corrected chi connectivity index (χ4v) is 2.24. The van der Waals surface area contributed by atoms with Crippen molar-refractivity contribution in [2.24, 2.45) is 5.41 Å². The largest absolute Gasteiger partial charge is 0.339 e. The van der Waals surface area contributed by atoms with Crippen molar-refractivity contribution in [1.29, 1.82) is 0 Å². The van der Waals surface area contributed by atoms with Gasteiger partial charge in [0, 0.05) is 18.9 Å². The van der Waals surface area contributed by atoms with Crippen molar-refractivity contribution in [3.63, 3.8) is 0 Å². The normalized spacial score (nSPS) is 13.4. The monoisotopic (exact) mass is 273 g/mol. The molecule has 1 atom stereocenters. The summed E-state index contributed by atoms with van der Waals surface area (Å²) < 4.78 is 5.36. The molecule has 1 N–H and O–H groups in total. The van der Waals surface area contributed by atoms with Gasteiger partial charge < -0.3 is 9.84 Å². The first kappa shape index (κ1) is 14.7. The van der Waals surface area contributed by atoms with Crippen molar-refractivity contribution in [1.82, 2.24) is 15.5 Å². The van der Waals surface area contributed by atoms with Gasteiger partial charge in [0.15, 0.2) is 5.82 Å². The first-order valence-corrected chi connectivity index (χ1v) is 7.01. The maximum absolute atomic E-state index is 5.36. The van der Waals surface area contributed by atoms with Crippen molar-refractivity contribution in [2.75, 3.05) is 7.05 Å². The van der Waals surface area contributed by atoms with Crippen LogP contribution in [0.1, 0.15) is 38.0 Å². The van der Waals surface area contributed by atoms with Crippen LogP contribution in [0.15, 0.2) is 34.9 Å². The Bertz CT molecular complexity index is 528. The Balaban J connectivity index is 2.02. The van der Waals surface area contributed by atoms with Crippen molar-refractivity contribution in [2.45, 2.75) is 39.7 Å². The third kappa shape index (κ3) is 3.90. The lowest BCUT2D eigenvalue weighted by Crippen LogP contribution is -2.39. The molecule has 0 spiro atoms. The highest BCUT2D eigenvalue weighted by Crippen LogP contribution is 2.22. The van der Waals surface area contributed by atoms with Gasteiger partial charge in [0.2, 0.25) is 5.89 Å². The summed E-state index contributed by atoms with van der Waals surface area (Å²) in [5, 5.41) is 7.39. The molecule has 0 fully saturated rings. The Morgan fingerprint density at radius 3 is 2.50 bits per heavy atom. The molecule has 0 bridgehead atoms. The molecule has 2 rings (SSSR count). The van der Waals surface area contributed by atoms with Gasteiger partial charge in [-0.05, 0) is 18.0 Å². The van der Waals surface area contributed by atoms with Gasteiger partial charge in [-0.3, -0.25) is 0 Å². The van der Waals surface area contributed by atoms with Crippen LogP contribution in [0.3, 0.4) is 0 Å². The van der Waals surface area contributed by atoms with Gasteiger partial charge in [0.25, 0.3) is 0 Å². The summed E-state index contributed by atoms with van der Waals surface area (Å²) >= 11 is 0. The van der Waals surface area contributed by atoms with Gasteiger partial charge in [-0.25, -0.2) is 0 Å². The molecule has 1 aromatic heterocycles. The zero-order chi connectivity index (χ0) is 14.6. The highest BCUT2D eigenvalue weighted by molar-refractivity contribution is 5.18. The van der Waals surface area contributed by atoms with E-state index >= 15 is 0 Å². The number of rotatable bonds is 5. The summed E-state index contributed by atoms with van der Waals surface area (Å²) in [5.41, 5.74) is 1.35. The van der Waals surface area contributed by atoms with Crippen LogP contribution >= 0.6 is 0 Å². The molecule has 1 heterocycles. The van der Waals surface area contributed by atoms with Crippen LogP contribution < -0.4 is 5.32 Å². The SMILES string of the molecule is CNC(Cc1nc(Cc2ccccc2)no1)C(C)(C)C. The Morgan fingerprint density at radius 1 is 1.20 bits per heavy atom. The van der Waals surface area contributed by atoms with E-state index in [1.807, 2.05) is 25.2 Å². The van der Waals surface area contributed by atoms with E-state index in [4.69, 9.17) is 4.52 Å². The average Bonchev–Trinajstić information content (AvgIpc) is 2.83. The number of nitrogens with one attached hydrogen (secondary N) is 1. The molecule has 1 aromatic carbocycles. The Labute approximate surface area is 120 Å². The minimum Gasteiger partial charge on any atom is -0.339 e. The number of aromatic nitrogens is 2. The van der Waals surface area contributed by atoms with Crippen LogP contribution in [-0.2, 0) is 12.8 Å². The second-order valence-electron chi connectivity index (χ2n) is 6.18. The molecule has 0 saturated heterocycles. The number of hydrogen-bond acceptors (Lipinski definition) is 4. The molecule has 0 radical (unpaired) electrons. The van der Waals surface area contributed by atoms with Gasteiger partial charge in [-0.2, -0.15) is 4.98 Å². The quantitative estimate of drug-likeness (QED) is 0.910. The van der Waals surface area contributed by atoms with E-state index < -0.39 is 0 Å². The standard InChI is InChI=1S/C16H23N3O/c1-16(2,3)13(17-4)11-15-18-14(19-20-15)10-12-8-6-5-7-9-12/h5-9,13,17H,10-11H2,1-4H3. The summed E-state index contributed by atoms with van der Waals surface area (Å²) in [6, 6.07) is 10.5. The van der Waals surface area contributed by atoms with Crippen molar-refractivity contribution < 1.29 is 4.52 Å². The smallest absolute Gasteiger partial charge is 0.228 e. The average molecular weight is 273 g/mol. The molecular formula is C16H23N3O. The van der Waals surface area contributed by atoms with E-state index in [0.29, 0.717) is 18.4 Å². The van der Waals surface area contributed by atoms with E-state index in [1.165, 1.54) is 5.56 Å². The molecule has 4 heteroatoms. The lowest BCUT2D eigenvalue weighted by Gasteiger charge is -2.29.